The van der Waals surface area contributed by atoms with Crippen LogP contribution in [-0.2, 0) is 5.54 Å². The normalized spacial score (nSPS) is 24.2. The van der Waals surface area contributed by atoms with Crippen molar-refractivity contribution in [3.05, 3.63) is 15.6 Å². The largest absolute Gasteiger partial charge is 0.305 e. The van der Waals surface area contributed by atoms with Crippen LogP contribution < -0.4 is 5.32 Å². The number of hydrogen-bond acceptors (Lipinski definition) is 4. The third kappa shape index (κ3) is 4.05. The first-order chi connectivity index (χ1) is 10.1. The fourth-order valence-electron chi connectivity index (χ4n) is 3.24. The topological polar surface area (TPSA) is 28.2 Å². The van der Waals surface area contributed by atoms with Gasteiger partial charge in [-0.25, -0.2) is 4.98 Å². The third-order valence-electron chi connectivity index (χ3n) is 4.62. The number of likely N-dealkylation sites (tertiary alicyclic amines) is 1. The number of aryl methyl sites for hydroxylation is 2. The maximum Gasteiger partial charge on any atom is 0.113 e. The van der Waals surface area contributed by atoms with Gasteiger partial charge in [-0.05, 0) is 65.6 Å². The van der Waals surface area contributed by atoms with E-state index in [1.165, 1.54) is 67.3 Å². The van der Waals surface area contributed by atoms with Gasteiger partial charge in [0.05, 0.1) is 11.2 Å². The van der Waals surface area contributed by atoms with E-state index in [4.69, 9.17) is 4.98 Å². The molecule has 0 amide bonds. The number of thiazole rings is 1. The molecule has 120 valence electrons. The van der Waals surface area contributed by atoms with Gasteiger partial charge >= 0.3 is 0 Å². The summed E-state index contributed by atoms with van der Waals surface area (Å²) in [4.78, 5) is 8.91. The highest BCUT2D eigenvalue weighted by atomic mass is 32.1. The molecule has 1 N–H and O–H groups in total. The van der Waals surface area contributed by atoms with Crippen LogP contribution in [0.5, 0.6) is 0 Å². The maximum atomic E-state index is 4.91. The van der Waals surface area contributed by atoms with Gasteiger partial charge in [0.2, 0.25) is 0 Å². The zero-order valence-electron chi connectivity index (χ0n) is 14.2. The SMILES string of the molecule is CCCNC1(c2nc(C)c(C)s2)CCCN(CCC)CC1. The molecular formula is C17H31N3S. The van der Waals surface area contributed by atoms with Gasteiger partial charge in [-0.1, -0.05) is 13.8 Å². The Hall–Kier alpha value is -0.450. The van der Waals surface area contributed by atoms with Crippen molar-refractivity contribution in [3.8, 4) is 0 Å². The lowest BCUT2D eigenvalue weighted by atomic mass is 9.91. The molecule has 21 heavy (non-hydrogen) atoms. The van der Waals surface area contributed by atoms with E-state index >= 15 is 0 Å². The van der Waals surface area contributed by atoms with Gasteiger partial charge in [-0.2, -0.15) is 0 Å². The van der Waals surface area contributed by atoms with E-state index in [1.54, 1.807) is 0 Å². The lowest BCUT2D eigenvalue weighted by Crippen LogP contribution is -2.43. The van der Waals surface area contributed by atoms with E-state index < -0.39 is 0 Å². The van der Waals surface area contributed by atoms with Crippen molar-refractivity contribution in [2.24, 2.45) is 0 Å². The first kappa shape index (κ1) is 16.9. The molecule has 1 aromatic heterocycles. The Bertz CT molecular complexity index is 424. The molecule has 0 aliphatic carbocycles. The summed E-state index contributed by atoms with van der Waals surface area (Å²) < 4.78 is 0. The number of hydrogen-bond donors (Lipinski definition) is 1. The minimum atomic E-state index is 0.113. The second-order valence-corrected chi connectivity index (χ2v) is 7.57. The fraction of sp³-hybridized carbons (Fsp3) is 0.824. The standard InChI is InChI=1S/C17H31N3S/c1-5-10-18-17(16-19-14(3)15(4)21-16)8-7-12-20(11-6-2)13-9-17/h18H,5-13H2,1-4H3. The van der Waals surface area contributed by atoms with Crippen molar-refractivity contribution in [1.82, 2.24) is 15.2 Å². The molecule has 0 saturated carbocycles. The van der Waals surface area contributed by atoms with Crippen LogP contribution in [-0.4, -0.2) is 36.1 Å². The molecule has 4 heteroatoms. The molecule has 1 aromatic rings. The highest BCUT2D eigenvalue weighted by molar-refractivity contribution is 7.11. The van der Waals surface area contributed by atoms with Gasteiger partial charge in [-0.15, -0.1) is 11.3 Å². The van der Waals surface area contributed by atoms with Crippen molar-refractivity contribution >= 4 is 11.3 Å². The molecule has 1 atom stereocenters. The summed E-state index contributed by atoms with van der Waals surface area (Å²) in [6.07, 6.45) is 6.13. The van der Waals surface area contributed by atoms with E-state index in [0.717, 1.165) is 6.54 Å². The van der Waals surface area contributed by atoms with Crippen LogP contribution in [0.4, 0.5) is 0 Å². The highest BCUT2D eigenvalue weighted by Gasteiger charge is 2.36. The molecule has 3 nitrogen and oxygen atoms in total. The lowest BCUT2D eigenvalue weighted by molar-refractivity contribution is 0.256. The zero-order valence-corrected chi connectivity index (χ0v) is 15.0. The summed E-state index contributed by atoms with van der Waals surface area (Å²) in [5, 5.41) is 5.19. The second kappa shape index (κ2) is 7.70. The molecule has 0 spiro atoms. The Morgan fingerprint density at radius 2 is 2.00 bits per heavy atom. The quantitative estimate of drug-likeness (QED) is 0.865. The minimum absolute atomic E-state index is 0.113. The van der Waals surface area contributed by atoms with Crippen molar-refractivity contribution in [2.45, 2.75) is 65.3 Å². The van der Waals surface area contributed by atoms with Crippen LogP contribution >= 0.6 is 11.3 Å². The molecule has 0 aromatic carbocycles. The average Bonchev–Trinajstić information content (AvgIpc) is 2.70. The second-order valence-electron chi connectivity index (χ2n) is 6.36. The van der Waals surface area contributed by atoms with Crippen LogP contribution in [0, 0.1) is 13.8 Å². The lowest BCUT2D eigenvalue weighted by Gasteiger charge is -2.32. The molecule has 2 rings (SSSR count). The predicted molar refractivity (Wildman–Crippen MR) is 92.1 cm³/mol. The molecule has 2 heterocycles. The van der Waals surface area contributed by atoms with Crippen molar-refractivity contribution < 1.29 is 0 Å². The molecule has 0 bridgehead atoms. The van der Waals surface area contributed by atoms with Gasteiger partial charge in [0.15, 0.2) is 0 Å². The monoisotopic (exact) mass is 309 g/mol. The van der Waals surface area contributed by atoms with Crippen LogP contribution in [0.2, 0.25) is 0 Å². The Morgan fingerprint density at radius 3 is 2.62 bits per heavy atom. The van der Waals surface area contributed by atoms with Crippen LogP contribution in [0.25, 0.3) is 0 Å². The first-order valence-corrected chi connectivity index (χ1v) is 9.35. The molecule has 0 radical (unpaired) electrons. The van der Waals surface area contributed by atoms with E-state index in [-0.39, 0.29) is 5.54 Å². The summed E-state index contributed by atoms with van der Waals surface area (Å²) >= 11 is 1.90. The first-order valence-electron chi connectivity index (χ1n) is 8.53. The van der Waals surface area contributed by atoms with Crippen molar-refractivity contribution in [3.63, 3.8) is 0 Å². The molecule has 1 fully saturated rings. The smallest absolute Gasteiger partial charge is 0.113 e. The summed E-state index contributed by atoms with van der Waals surface area (Å²) in [7, 11) is 0. The van der Waals surface area contributed by atoms with Gasteiger partial charge in [0.25, 0.3) is 0 Å². The number of nitrogens with one attached hydrogen (secondary N) is 1. The van der Waals surface area contributed by atoms with Crippen LogP contribution in [0.3, 0.4) is 0 Å². The number of rotatable bonds is 6. The molecule has 1 aliphatic heterocycles. The van der Waals surface area contributed by atoms with Gasteiger partial charge in [-0.3, -0.25) is 0 Å². The Kier molecular flexibility index (Phi) is 6.20. The predicted octanol–water partition coefficient (Wildman–Crippen LogP) is 3.85. The summed E-state index contributed by atoms with van der Waals surface area (Å²) in [5.41, 5.74) is 1.32. The molecule has 1 saturated heterocycles. The fourth-order valence-corrected chi connectivity index (χ4v) is 4.38. The average molecular weight is 310 g/mol. The van der Waals surface area contributed by atoms with Gasteiger partial charge in [0, 0.05) is 11.4 Å². The summed E-state index contributed by atoms with van der Waals surface area (Å²) in [6.45, 7) is 13.6. The third-order valence-corrected chi connectivity index (χ3v) is 5.90. The highest BCUT2D eigenvalue weighted by Crippen LogP contribution is 2.36. The van der Waals surface area contributed by atoms with Gasteiger partial charge < -0.3 is 10.2 Å². The van der Waals surface area contributed by atoms with Gasteiger partial charge in [0.1, 0.15) is 5.01 Å². The van der Waals surface area contributed by atoms with Crippen molar-refractivity contribution in [2.75, 3.05) is 26.2 Å². The molecular weight excluding hydrogens is 278 g/mol. The summed E-state index contributed by atoms with van der Waals surface area (Å²) in [5.74, 6) is 0. The molecule has 1 aliphatic rings. The Balaban J connectivity index is 2.20. The molecule has 1 unspecified atom stereocenters. The summed E-state index contributed by atoms with van der Waals surface area (Å²) in [6, 6.07) is 0. The van der Waals surface area contributed by atoms with Crippen molar-refractivity contribution in [1.29, 1.82) is 0 Å². The zero-order chi connectivity index (χ0) is 15.3. The number of nitrogens with zero attached hydrogens (tertiary/aromatic N) is 2. The minimum Gasteiger partial charge on any atom is -0.305 e. The van der Waals surface area contributed by atoms with E-state index in [0.29, 0.717) is 0 Å². The van der Waals surface area contributed by atoms with Crippen LogP contribution in [0.1, 0.15) is 61.5 Å². The number of aromatic nitrogens is 1. The van der Waals surface area contributed by atoms with E-state index in [9.17, 15) is 0 Å². The van der Waals surface area contributed by atoms with E-state index in [2.05, 4.69) is 37.9 Å². The maximum absolute atomic E-state index is 4.91. The Labute approximate surface area is 134 Å². The van der Waals surface area contributed by atoms with Crippen LogP contribution in [0.15, 0.2) is 0 Å². The Morgan fingerprint density at radius 1 is 1.19 bits per heavy atom. The van der Waals surface area contributed by atoms with E-state index in [1.807, 2.05) is 11.3 Å².